The minimum Gasteiger partial charge on any atom is -0.493 e. The number of hydrogen-bond acceptors (Lipinski definition) is 4. The SMILES string of the molecule is COc1ccc(CCCNC(=O)[C@@H](C)Sc2ccccc2)cc1OC. The summed E-state index contributed by atoms with van der Waals surface area (Å²) in [6.07, 6.45) is 1.75. The summed E-state index contributed by atoms with van der Waals surface area (Å²) in [5.74, 6) is 1.53. The van der Waals surface area contributed by atoms with Gasteiger partial charge in [0, 0.05) is 11.4 Å². The van der Waals surface area contributed by atoms with Gasteiger partial charge in [0.25, 0.3) is 0 Å². The molecule has 0 aliphatic rings. The van der Waals surface area contributed by atoms with Crippen LogP contribution in [0.25, 0.3) is 0 Å². The molecule has 0 fully saturated rings. The van der Waals surface area contributed by atoms with Crippen molar-refractivity contribution in [1.29, 1.82) is 0 Å². The van der Waals surface area contributed by atoms with Crippen LogP contribution in [-0.2, 0) is 11.2 Å². The van der Waals surface area contributed by atoms with Gasteiger partial charge < -0.3 is 14.8 Å². The number of ether oxygens (including phenoxy) is 2. The largest absolute Gasteiger partial charge is 0.493 e. The molecule has 0 aliphatic carbocycles. The Morgan fingerprint density at radius 1 is 1.08 bits per heavy atom. The predicted octanol–water partition coefficient (Wildman–Crippen LogP) is 3.93. The Bertz CT molecular complexity index is 676. The van der Waals surface area contributed by atoms with Crippen molar-refractivity contribution in [3.05, 3.63) is 54.1 Å². The van der Waals surface area contributed by atoms with Crippen LogP contribution in [0, 0.1) is 0 Å². The molecular formula is C20H25NO3S. The molecule has 4 nitrogen and oxygen atoms in total. The predicted molar refractivity (Wildman–Crippen MR) is 103 cm³/mol. The molecule has 134 valence electrons. The lowest BCUT2D eigenvalue weighted by Crippen LogP contribution is -2.31. The Morgan fingerprint density at radius 3 is 2.48 bits per heavy atom. The van der Waals surface area contributed by atoms with Crippen molar-refractivity contribution in [3.63, 3.8) is 0 Å². The summed E-state index contributed by atoms with van der Waals surface area (Å²) >= 11 is 1.57. The first-order valence-corrected chi connectivity index (χ1v) is 9.22. The van der Waals surface area contributed by atoms with Gasteiger partial charge in [0.15, 0.2) is 11.5 Å². The number of thioether (sulfide) groups is 1. The van der Waals surface area contributed by atoms with Crippen molar-refractivity contribution in [3.8, 4) is 11.5 Å². The maximum atomic E-state index is 12.2. The number of amides is 1. The van der Waals surface area contributed by atoms with Gasteiger partial charge in [-0.15, -0.1) is 11.8 Å². The normalized spacial score (nSPS) is 11.6. The number of benzene rings is 2. The topological polar surface area (TPSA) is 47.6 Å². The zero-order valence-corrected chi connectivity index (χ0v) is 15.8. The van der Waals surface area contributed by atoms with Crippen molar-refractivity contribution in [2.75, 3.05) is 20.8 Å². The quantitative estimate of drug-likeness (QED) is 0.544. The van der Waals surface area contributed by atoms with E-state index in [0.29, 0.717) is 6.54 Å². The summed E-state index contributed by atoms with van der Waals surface area (Å²) in [4.78, 5) is 13.3. The van der Waals surface area contributed by atoms with E-state index in [1.54, 1.807) is 26.0 Å². The third kappa shape index (κ3) is 6.02. The van der Waals surface area contributed by atoms with Crippen molar-refractivity contribution < 1.29 is 14.3 Å². The highest BCUT2D eigenvalue weighted by Gasteiger charge is 2.13. The Morgan fingerprint density at radius 2 is 1.80 bits per heavy atom. The Kier molecular flexibility index (Phi) is 7.67. The third-order valence-electron chi connectivity index (χ3n) is 3.81. The fraction of sp³-hybridized carbons (Fsp3) is 0.350. The molecule has 1 atom stereocenters. The van der Waals surface area contributed by atoms with Crippen LogP contribution in [0.4, 0.5) is 0 Å². The van der Waals surface area contributed by atoms with Gasteiger partial charge in [0.1, 0.15) is 0 Å². The van der Waals surface area contributed by atoms with E-state index in [1.165, 1.54) is 5.56 Å². The fourth-order valence-corrected chi connectivity index (χ4v) is 3.35. The van der Waals surface area contributed by atoms with E-state index in [4.69, 9.17) is 9.47 Å². The summed E-state index contributed by atoms with van der Waals surface area (Å²) in [7, 11) is 3.26. The molecule has 2 aromatic rings. The van der Waals surface area contributed by atoms with Crippen molar-refractivity contribution >= 4 is 17.7 Å². The monoisotopic (exact) mass is 359 g/mol. The number of nitrogens with one attached hydrogen (secondary N) is 1. The van der Waals surface area contributed by atoms with Gasteiger partial charge in [-0.25, -0.2) is 0 Å². The van der Waals surface area contributed by atoms with Gasteiger partial charge in [0.05, 0.1) is 19.5 Å². The minimum absolute atomic E-state index is 0.0705. The first kappa shape index (κ1) is 19.2. The second kappa shape index (κ2) is 9.99. The molecule has 1 amide bonds. The lowest BCUT2D eigenvalue weighted by atomic mass is 10.1. The van der Waals surface area contributed by atoms with E-state index in [1.807, 2.05) is 55.5 Å². The summed E-state index contributed by atoms with van der Waals surface area (Å²) in [6, 6.07) is 15.9. The molecule has 2 rings (SSSR count). The van der Waals surface area contributed by atoms with E-state index in [-0.39, 0.29) is 11.2 Å². The maximum absolute atomic E-state index is 12.2. The number of aryl methyl sites for hydroxylation is 1. The van der Waals surface area contributed by atoms with Gasteiger partial charge in [-0.05, 0) is 49.6 Å². The standard InChI is InChI=1S/C20H25NO3S/c1-15(25-17-9-5-4-6-10-17)20(22)21-13-7-8-16-11-12-18(23-2)19(14-16)24-3/h4-6,9-12,14-15H,7-8,13H2,1-3H3,(H,21,22)/t15-/m1/s1. The van der Waals surface area contributed by atoms with E-state index < -0.39 is 0 Å². The van der Waals surface area contributed by atoms with Crippen molar-refractivity contribution in [2.45, 2.75) is 29.9 Å². The van der Waals surface area contributed by atoms with E-state index in [0.717, 1.165) is 29.2 Å². The molecular weight excluding hydrogens is 334 g/mol. The molecule has 0 bridgehead atoms. The summed E-state index contributed by atoms with van der Waals surface area (Å²) in [5.41, 5.74) is 1.17. The maximum Gasteiger partial charge on any atom is 0.233 e. The molecule has 5 heteroatoms. The average Bonchev–Trinajstić information content (AvgIpc) is 2.65. The van der Waals surface area contributed by atoms with Crippen LogP contribution in [0.3, 0.4) is 0 Å². The van der Waals surface area contributed by atoms with Gasteiger partial charge in [-0.3, -0.25) is 4.79 Å². The highest BCUT2D eigenvalue weighted by molar-refractivity contribution is 8.00. The molecule has 0 aromatic heterocycles. The Hall–Kier alpha value is -2.14. The zero-order chi connectivity index (χ0) is 18.1. The molecule has 1 N–H and O–H groups in total. The third-order valence-corrected chi connectivity index (χ3v) is 4.93. The lowest BCUT2D eigenvalue weighted by Gasteiger charge is -2.12. The molecule has 0 aliphatic heterocycles. The van der Waals surface area contributed by atoms with Crippen molar-refractivity contribution in [2.24, 2.45) is 0 Å². The average molecular weight is 359 g/mol. The van der Waals surface area contributed by atoms with E-state index in [9.17, 15) is 4.79 Å². The minimum atomic E-state index is -0.108. The molecule has 0 saturated carbocycles. The molecule has 2 aromatic carbocycles. The molecule has 0 unspecified atom stereocenters. The van der Waals surface area contributed by atoms with Crippen molar-refractivity contribution in [1.82, 2.24) is 5.32 Å². The first-order chi connectivity index (χ1) is 12.1. The van der Waals surface area contributed by atoms with E-state index >= 15 is 0 Å². The summed E-state index contributed by atoms with van der Waals surface area (Å²) in [5, 5.41) is 2.90. The van der Waals surface area contributed by atoms with Crippen LogP contribution >= 0.6 is 11.8 Å². The number of rotatable bonds is 9. The highest BCUT2D eigenvalue weighted by atomic mass is 32.2. The molecule has 0 spiro atoms. The number of hydrogen-bond donors (Lipinski definition) is 1. The fourth-order valence-electron chi connectivity index (χ4n) is 2.44. The first-order valence-electron chi connectivity index (χ1n) is 8.34. The van der Waals surface area contributed by atoms with Crippen LogP contribution in [0.15, 0.2) is 53.4 Å². The van der Waals surface area contributed by atoms with Crippen LogP contribution in [-0.4, -0.2) is 31.9 Å². The van der Waals surface area contributed by atoms with Crippen LogP contribution in [0.1, 0.15) is 18.9 Å². The Balaban J connectivity index is 1.74. The van der Waals surface area contributed by atoms with Gasteiger partial charge in [-0.2, -0.15) is 0 Å². The second-order valence-corrected chi connectivity index (χ2v) is 7.07. The lowest BCUT2D eigenvalue weighted by molar-refractivity contribution is -0.120. The zero-order valence-electron chi connectivity index (χ0n) is 15.0. The molecule has 25 heavy (non-hydrogen) atoms. The number of carbonyl (C=O) groups is 1. The van der Waals surface area contributed by atoms with Gasteiger partial charge in [0.2, 0.25) is 5.91 Å². The summed E-state index contributed by atoms with van der Waals surface area (Å²) in [6.45, 7) is 2.59. The van der Waals surface area contributed by atoms with Gasteiger partial charge >= 0.3 is 0 Å². The molecule has 0 saturated heterocycles. The van der Waals surface area contributed by atoms with Crippen LogP contribution in [0.2, 0.25) is 0 Å². The van der Waals surface area contributed by atoms with Gasteiger partial charge in [-0.1, -0.05) is 24.3 Å². The Labute approximate surface area is 153 Å². The van der Waals surface area contributed by atoms with Crippen LogP contribution < -0.4 is 14.8 Å². The number of carbonyl (C=O) groups excluding carboxylic acids is 1. The van der Waals surface area contributed by atoms with Crippen LogP contribution in [0.5, 0.6) is 11.5 Å². The molecule has 0 heterocycles. The summed E-state index contributed by atoms with van der Waals surface area (Å²) < 4.78 is 10.6. The smallest absolute Gasteiger partial charge is 0.233 e. The van der Waals surface area contributed by atoms with E-state index in [2.05, 4.69) is 5.32 Å². The number of methoxy groups -OCH3 is 2. The second-order valence-electron chi connectivity index (χ2n) is 5.66. The highest BCUT2D eigenvalue weighted by Crippen LogP contribution is 2.28. The molecule has 0 radical (unpaired) electrons.